The van der Waals surface area contributed by atoms with Crippen LogP contribution in [0.4, 0.5) is 34.6 Å². The van der Waals surface area contributed by atoms with Gasteiger partial charge in [0.25, 0.3) is 35.9 Å². The maximum atomic E-state index is 13.0. The molecule has 0 unspecified atom stereocenters. The van der Waals surface area contributed by atoms with Gasteiger partial charge in [-0.05, 0) is 66.2 Å². The molecule has 0 bridgehead atoms. The Bertz CT molecular complexity index is 2550. The van der Waals surface area contributed by atoms with Gasteiger partial charge in [-0.2, -0.15) is 40.2 Å². The van der Waals surface area contributed by atoms with E-state index in [1.807, 2.05) is 0 Å². The summed E-state index contributed by atoms with van der Waals surface area (Å²) in [6.45, 7) is 0. The molecule has 2 aromatic heterocycles. The van der Waals surface area contributed by atoms with Crippen molar-refractivity contribution in [3.05, 3.63) is 86.5 Å². The Morgan fingerprint density at radius 1 is 0.673 bits per heavy atom. The molecule has 6 N–H and O–H groups in total. The molecular formula is C24H16Cl3N9O10S3. The Balaban J connectivity index is 1.44. The number of azo groups is 1. The zero-order chi connectivity index (χ0) is 35.9. The molecule has 0 spiro atoms. The fourth-order valence-corrected chi connectivity index (χ4v) is 6.51. The van der Waals surface area contributed by atoms with E-state index in [4.69, 9.17) is 39.4 Å². The zero-order valence-corrected chi connectivity index (χ0v) is 28.2. The Morgan fingerprint density at radius 2 is 1.24 bits per heavy atom. The lowest BCUT2D eigenvalue weighted by atomic mass is 10.3. The molecule has 0 fully saturated rings. The van der Waals surface area contributed by atoms with E-state index in [0.29, 0.717) is 5.69 Å². The number of rotatable bonds is 10. The lowest BCUT2D eigenvalue weighted by Crippen LogP contribution is -2.15. The van der Waals surface area contributed by atoms with Crippen LogP contribution in [0.5, 0.6) is 0 Å². The predicted molar refractivity (Wildman–Crippen MR) is 174 cm³/mol. The SMILES string of the molecule is O=c1c(N=Nc2cc(Nc3nc(Cl)nc(Nc4ccc(S(=O)(=O)O)cc4)n3)ccc2S(=O)(=O)O)c[nH]n1-c1cc(Cl)c(S(=O)(=O)O)cc1Cl. The number of aromatic amines is 1. The van der Waals surface area contributed by atoms with Crippen molar-refractivity contribution in [3.8, 4) is 5.69 Å². The van der Waals surface area contributed by atoms with Gasteiger partial charge in [0, 0.05) is 11.4 Å². The van der Waals surface area contributed by atoms with Crippen molar-refractivity contribution < 1.29 is 38.9 Å². The van der Waals surface area contributed by atoms with Crippen molar-refractivity contribution in [3.63, 3.8) is 0 Å². The third-order valence-electron chi connectivity index (χ3n) is 6.05. The van der Waals surface area contributed by atoms with Gasteiger partial charge in [0.1, 0.15) is 15.5 Å². The average Bonchev–Trinajstić information content (AvgIpc) is 3.35. The van der Waals surface area contributed by atoms with Gasteiger partial charge in [0.2, 0.25) is 17.2 Å². The highest BCUT2D eigenvalue weighted by Gasteiger charge is 2.21. The summed E-state index contributed by atoms with van der Waals surface area (Å²) >= 11 is 18.1. The summed E-state index contributed by atoms with van der Waals surface area (Å²) in [6.07, 6.45) is 1.06. The summed E-state index contributed by atoms with van der Waals surface area (Å²) in [6, 6.07) is 10.0. The minimum Gasteiger partial charge on any atom is -0.324 e. The smallest absolute Gasteiger partial charge is 0.299 e. The molecular weight excluding hydrogens is 777 g/mol. The van der Waals surface area contributed by atoms with E-state index in [1.54, 1.807) is 0 Å². The van der Waals surface area contributed by atoms with Crippen LogP contribution in [0.2, 0.25) is 15.3 Å². The first-order chi connectivity index (χ1) is 22.8. The molecule has 0 aliphatic heterocycles. The molecule has 3 aromatic carbocycles. The topological polar surface area (TPSA) is 288 Å². The molecule has 0 aliphatic carbocycles. The number of halogens is 3. The molecule has 0 saturated carbocycles. The number of H-pyrrole nitrogens is 1. The molecule has 0 radical (unpaired) electrons. The first kappa shape index (κ1) is 35.8. The molecule has 49 heavy (non-hydrogen) atoms. The maximum absolute atomic E-state index is 13.0. The maximum Gasteiger partial charge on any atom is 0.299 e. The Labute approximate surface area is 289 Å². The van der Waals surface area contributed by atoms with E-state index in [2.05, 4.69) is 40.9 Å². The van der Waals surface area contributed by atoms with E-state index in [-0.39, 0.29) is 38.5 Å². The molecule has 0 atom stereocenters. The highest BCUT2D eigenvalue weighted by molar-refractivity contribution is 7.86. The quantitative estimate of drug-likeness (QED) is 0.0805. The number of hydrogen-bond donors (Lipinski definition) is 6. The predicted octanol–water partition coefficient (Wildman–Crippen LogP) is 4.95. The fourth-order valence-electron chi connectivity index (χ4n) is 3.93. The number of nitrogens with zero attached hydrogens (tertiary/aromatic N) is 6. The van der Waals surface area contributed by atoms with Crippen molar-refractivity contribution in [2.75, 3.05) is 10.6 Å². The summed E-state index contributed by atoms with van der Waals surface area (Å²) < 4.78 is 98.7. The molecule has 2 heterocycles. The third kappa shape index (κ3) is 8.38. The summed E-state index contributed by atoms with van der Waals surface area (Å²) in [4.78, 5) is 23.3. The second kappa shape index (κ2) is 13.4. The standard InChI is InChI=1S/C24H16Cl3N9O10S3/c25-14-9-20(49(44,45)46)15(26)8-18(14)36-21(37)17(10-28-36)35-34-16-7-12(3-6-19(16)48(41,42)43)30-24-32-22(27)31-23(33-24)29-11-1-4-13(5-2-11)47(38,39)40/h1-10,28H,(H,38,39,40)(H,41,42,43)(H,44,45,46)(H2,29,30,31,32,33). The van der Waals surface area contributed by atoms with Gasteiger partial charge < -0.3 is 10.6 Å². The summed E-state index contributed by atoms with van der Waals surface area (Å²) in [5.74, 6) is -0.266. The Hall–Kier alpha value is -4.52. The molecule has 19 nitrogen and oxygen atoms in total. The van der Waals surface area contributed by atoms with E-state index in [0.717, 1.165) is 47.3 Å². The summed E-state index contributed by atoms with van der Waals surface area (Å²) in [5, 5.41) is 14.6. The monoisotopic (exact) mass is 791 g/mol. The van der Waals surface area contributed by atoms with Crippen molar-refractivity contribution in [2.45, 2.75) is 14.7 Å². The first-order valence-corrected chi connectivity index (χ1v) is 18.1. The van der Waals surface area contributed by atoms with Crippen LogP contribution in [0.25, 0.3) is 5.69 Å². The van der Waals surface area contributed by atoms with Crippen molar-refractivity contribution in [1.29, 1.82) is 0 Å². The van der Waals surface area contributed by atoms with E-state index in [9.17, 15) is 39.2 Å². The lowest BCUT2D eigenvalue weighted by molar-refractivity contribution is 0.481. The second-order valence-corrected chi connectivity index (χ2v) is 14.7. The van der Waals surface area contributed by atoms with Gasteiger partial charge in [-0.15, -0.1) is 10.2 Å². The Kier molecular flexibility index (Phi) is 9.79. The van der Waals surface area contributed by atoms with Gasteiger partial charge in [-0.1, -0.05) is 23.2 Å². The number of nitrogens with one attached hydrogen (secondary N) is 3. The number of aromatic nitrogens is 5. The van der Waals surface area contributed by atoms with Crippen molar-refractivity contribution in [2.24, 2.45) is 10.2 Å². The molecule has 5 aromatic rings. The molecule has 0 aliphatic rings. The number of benzene rings is 3. The molecule has 25 heteroatoms. The van der Waals surface area contributed by atoms with Crippen LogP contribution >= 0.6 is 34.8 Å². The van der Waals surface area contributed by atoms with Crippen molar-refractivity contribution in [1.82, 2.24) is 24.7 Å². The van der Waals surface area contributed by atoms with E-state index < -0.39 is 62.1 Å². The van der Waals surface area contributed by atoms with Gasteiger partial charge in [-0.25, -0.2) is 4.68 Å². The van der Waals surface area contributed by atoms with Gasteiger partial charge >= 0.3 is 0 Å². The van der Waals surface area contributed by atoms with Gasteiger partial charge in [0.05, 0.1) is 26.8 Å². The minimum atomic E-state index is -4.86. The minimum absolute atomic E-state index is 0.0962. The molecule has 256 valence electrons. The third-order valence-corrected chi connectivity index (χ3v) is 9.61. The normalized spacial score (nSPS) is 12.4. The Morgan fingerprint density at radius 3 is 1.84 bits per heavy atom. The number of hydrogen-bond acceptors (Lipinski definition) is 14. The first-order valence-electron chi connectivity index (χ1n) is 12.6. The second-order valence-electron chi connectivity index (χ2n) is 9.37. The van der Waals surface area contributed by atoms with Crippen LogP contribution in [-0.4, -0.2) is 63.6 Å². The van der Waals surface area contributed by atoms with Crippen LogP contribution < -0.4 is 16.2 Å². The van der Waals surface area contributed by atoms with Crippen LogP contribution in [0.3, 0.4) is 0 Å². The summed E-state index contributed by atoms with van der Waals surface area (Å²) in [7, 11) is -14.0. The van der Waals surface area contributed by atoms with Crippen molar-refractivity contribution >= 4 is 99.8 Å². The lowest BCUT2D eigenvalue weighted by Gasteiger charge is -2.10. The average molecular weight is 793 g/mol. The van der Waals surface area contributed by atoms with Gasteiger partial charge in [-0.3, -0.25) is 23.6 Å². The summed E-state index contributed by atoms with van der Waals surface area (Å²) in [5.41, 5.74) is -1.46. The molecule has 5 rings (SSSR count). The van der Waals surface area contributed by atoms with Gasteiger partial charge in [0.15, 0.2) is 5.69 Å². The highest BCUT2D eigenvalue weighted by atomic mass is 35.5. The highest BCUT2D eigenvalue weighted by Crippen LogP contribution is 2.32. The molecule has 0 amide bonds. The fraction of sp³-hybridized carbons (Fsp3) is 0. The van der Waals surface area contributed by atoms with E-state index >= 15 is 0 Å². The number of anilines is 4. The van der Waals surface area contributed by atoms with Crippen LogP contribution in [0.15, 0.2) is 90.5 Å². The van der Waals surface area contributed by atoms with Crippen LogP contribution in [0, 0.1) is 0 Å². The zero-order valence-electron chi connectivity index (χ0n) is 23.5. The molecule has 0 saturated heterocycles. The van der Waals surface area contributed by atoms with Crippen LogP contribution in [-0.2, 0) is 30.4 Å². The van der Waals surface area contributed by atoms with E-state index in [1.165, 1.54) is 18.2 Å². The largest absolute Gasteiger partial charge is 0.324 e. The van der Waals surface area contributed by atoms with Crippen LogP contribution in [0.1, 0.15) is 0 Å².